The van der Waals surface area contributed by atoms with Gasteiger partial charge in [-0.3, -0.25) is 4.98 Å². The van der Waals surface area contributed by atoms with Crippen molar-refractivity contribution in [1.29, 1.82) is 0 Å². The second-order valence-corrected chi connectivity index (χ2v) is 4.71. The molecule has 0 aliphatic carbocycles. The number of nitrogens with zero attached hydrogens (tertiary/aromatic N) is 1. The molecule has 1 heterocycles. The molecule has 78 valence electrons. The van der Waals surface area contributed by atoms with Crippen molar-refractivity contribution in [3.63, 3.8) is 0 Å². The predicted molar refractivity (Wildman–Crippen MR) is 72.5 cm³/mol. The van der Waals surface area contributed by atoms with Crippen LogP contribution in [0.1, 0.15) is 5.56 Å². The maximum Gasteiger partial charge on any atom is 0.124 e. The molecule has 2 radical (unpaired) electrons. The summed E-state index contributed by atoms with van der Waals surface area (Å²) in [4.78, 5) is 4.25. The Bertz CT molecular complexity index is 543. The number of pyridine rings is 1. The van der Waals surface area contributed by atoms with E-state index in [1.54, 1.807) is 12.3 Å². The highest BCUT2D eigenvalue weighted by Crippen LogP contribution is 2.24. The number of aryl methyl sites for hydroxylation is 1. The summed E-state index contributed by atoms with van der Waals surface area (Å²) in [6, 6.07) is 6.56. The summed E-state index contributed by atoms with van der Waals surface area (Å²) in [5.41, 5.74) is 3.38. The molecule has 0 bridgehead atoms. The first-order chi connectivity index (χ1) is 7.58. The molecule has 0 N–H and O–H groups in total. The van der Waals surface area contributed by atoms with E-state index in [-0.39, 0.29) is 5.82 Å². The maximum absolute atomic E-state index is 13.0. The highest BCUT2D eigenvalue weighted by atomic mass is 127. The summed E-state index contributed by atoms with van der Waals surface area (Å²) in [6.07, 6.45) is 1.63. The molecule has 0 spiro atoms. The highest BCUT2D eigenvalue weighted by Gasteiger charge is 2.06. The molecule has 2 rings (SSSR count). The van der Waals surface area contributed by atoms with Gasteiger partial charge < -0.3 is 0 Å². The Hall–Kier alpha value is -0.905. The predicted octanol–water partition coefficient (Wildman–Crippen LogP) is 2.59. The van der Waals surface area contributed by atoms with Gasteiger partial charge in [0.25, 0.3) is 0 Å². The van der Waals surface area contributed by atoms with Crippen molar-refractivity contribution >= 4 is 35.9 Å². The van der Waals surface area contributed by atoms with Crippen molar-refractivity contribution in [2.45, 2.75) is 6.92 Å². The Morgan fingerprint density at radius 1 is 1.31 bits per heavy atom. The zero-order valence-electron chi connectivity index (χ0n) is 8.67. The van der Waals surface area contributed by atoms with E-state index in [4.69, 9.17) is 7.85 Å². The molecule has 0 amide bonds. The lowest BCUT2D eigenvalue weighted by Gasteiger charge is -2.06. The van der Waals surface area contributed by atoms with E-state index in [9.17, 15) is 4.39 Å². The molecule has 1 aromatic heterocycles. The normalized spacial score (nSPS) is 10.4. The summed E-state index contributed by atoms with van der Waals surface area (Å²) in [7, 11) is 5.70. The third-order valence-corrected chi connectivity index (χ3v) is 3.25. The first-order valence-electron chi connectivity index (χ1n) is 4.75. The lowest BCUT2D eigenvalue weighted by molar-refractivity contribution is 0.627. The zero-order chi connectivity index (χ0) is 11.7. The van der Waals surface area contributed by atoms with Gasteiger partial charge in [-0.15, -0.1) is 0 Å². The SMILES string of the molecule is [B]c1cnc(-c2ccc(F)cc2I)cc1C. The Morgan fingerprint density at radius 2 is 2.06 bits per heavy atom. The number of hydrogen-bond donors (Lipinski definition) is 0. The van der Waals surface area contributed by atoms with Crippen LogP contribution < -0.4 is 5.46 Å². The smallest absolute Gasteiger partial charge is 0.124 e. The largest absolute Gasteiger partial charge is 0.257 e. The fourth-order valence-electron chi connectivity index (χ4n) is 1.41. The molecule has 0 fully saturated rings. The van der Waals surface area contributed by atoms with Crippen LogP contribution in [0.15, 0.2) is 30.5 Å². The monoisotopic (exact) mass is 323 g/mol. The Kier molecular flexibility index (Phi) is 3.28. The number of benzene rings is 1. The van der Waals surface area contributed by atoms with Gasteiger partial charge >= 0.3 is 0 Å². The molecular formula is C12H8BFIN. The lowest BCUT2D eigenvalue weighted by atomic mass is 9.92. The molecule has 4 heteroatoms. The van der Waals surface area contributed by atoms with E-state index in [0.717, 1.165) is 20.4 Å². The van der Waals surface area contributed by atoms with Crippen LogP contribution in [0.3, 0.4) is 0 Å². The standard InChI is InChI=1S/C12H8BFIN/c1-7-4-12(16-6-10(7)13)9-3-2-8(14)5-11(9)15/h2-6H,1H3. The van der Waals surface area contributed by atoms with E-state index in [2.05, 4.69) is 27.6 Å². The quantitative estimate of drug-likeness (QED) is 0.581. The molecule has 0 unspecified atom stereocenters. The number of halogens is 2. The van der Waals surface area contributed by atoms with Gasteiger partial charge in [-0.2, -0.15) is 0 Å². The molecule has 0 aliphatic rings. The van der Waals surface area contributed by atoms with Gasteiger partial charge in [0, 0.05) is 15.3 Å². The van der Waals surface area contributed by atoms with Gasteiger partial charge in [-0.25, -0.2) is 4.39 Å². The highest BCUT2D eigenvalue weighted by molar-refractivity contribution is 14.1. The summed E-state index contributed by atoms with van der Waals surface area (Å²) in [5.74, 6) is -0.236. The van der Waals surface area contributed by atoms with Crippen LogP contribution in [-0.2, 0) is 0 Å². The second kappa shape index (κ2) is 4.53. The van der Waals surface area contributed by atoms with Gasteiger partial charge in [-0.05, 0) is 53.8 Å². The van der Waals surface area contributed by atoms with Crippen molar-refractivity contribution in [2.24, 2.45) is 0 Å². The fraction of sp³-hybridized carbons (Fsp3) is 0.0833. The van der Waals surface area contributed by atoms with Crippen molar-refractivity contribution in [3.05, 3.63) is 45.4 Å². The minimum atomic E-state index is -0.236. The first-order valence-corrected chi connectivity index (χ1v) is 5.83. The van der Waals surface area contributed by atoms with Crippen molar-refractivity contribution in [1.82, 2.24) is 4.98 Å². The molecule has 2 aromatic rings. The molecular weight excluding hydrogens is 315 g/mol. The van der Waals surface area contributed by atoms with Crippen molar-refractivity contribution in [2.75, 3.05) is 0 Å². The minimum Gasteiger partial charge on any atom is -0.257 e. The average Bonchev–Trinajstić information content (AvgIpc) is 2.22. The van der Waals surface area contributed by atoms with Crippen molar-refractivity contribution in [3.8, 4) is 11.3 Å². The summed E-state index contributed by atoms with van der Waals surface area (Å²) in [6.45, 7) is 1.93. The molecule has 1 aromatic carbocycles. The van der Waals surface area contributed by atoms with Gasteiger partial charge in [-0.1, -0.05) is 11.0 Å². The van der Waals surface area contributed by atoms with Crippen LogP contribution in [0.2, 0.25) is 0 Å². The topological polar surface area (TPSA) is 12.9 Å². The Balaban J connectivity index is 2.54. The first kappa shape index (κ1) is 11.6. The van der Waals surface area contributed by atoms with Crippen LogP contribution in [-0.4, -0.2) is 12.8 Å². The lowest BCUT2D eigenvalue weighted by Crippen LogP contribution is -2.08. The third-order valence-electron chi connectivity index (χ3n) is 2.36. The van der Waals surface area contributed by atoms with E-state index in [1.165, 1.54) is 12.1 Å². The van der Waals surface area contributed by atoms with Crippen LogP contribution in [0.25, 0.3) is 11.3 Å². The van der Waals surface area contributed by atoms with Crippen LogP contribution in [0.5, 0.6) is 0 Å². The van der Waals surface area contributed by atoms with Gasteiger partial charge in [0.15, 0.2) is 0 Å². The Morgan fingerprint density at radius 3 is 2.69 bits per heavy atom. The van der Waals surface area contributed by atoms with Crippen LogP contribution >= 0.6 is 22.6 Å². The molecule has 0 saturated heterocycles. The molecule has 1 nitrogen and oxygen atoms in total. The molecule has 0 atom stereocenters. The van der Waals surface area contributed by atoms with E-state index >= 15 is 0 Å². The summed E-state index contributed by atoms with van der Waals surface area (Å²) in [5, 5.41) is 0. The second-order valence-electron chi connectivity index (χ2n) is 3.55. The van der Waals surface area contributed by atoms with Gasteiger partial charge in [0.2, 0.25) is 0 Å². The molecule has 0 aliphatic heterocycles. The van der Waals surface area contributed by atoms with Crippen LogP contribution in [0.4, 0.5) is 4.39 Å². The minimum absolute atomic E-state index is 0.236. The third kappa shape index (κ3) is 2.26. The van der Waals surface area contributed by atoms with Gasteiger partial charge in [0.05, 0.1) is 5.69 Å². The van der Waals surface area contributed by atoms with E-state index < -0.39 is 0 Å². The Labute approximate surface area is 109 Å². The summed E-state index contributed by atoms with van der Waals surface area (Å²) >= 11 is 2.10. The molecule has 0 saturated carbocycles. The maximum atomic E-state index is 13.0. The number of aromatic nitrogens is 1. The van der Waals surface area contributed by atoms with Crippen LogP contribution in [0, 0.1) is 16.3 Å². The summed E-state index contributed by atoms with van der Waals surface area (Å²) < 4.78 is 13.8. The van der Waals surface area contributed by atoms with Gasteiger partial charge in [0.1, 0.15) is 13.7 Å². The van der Waals surface area contributed by atoms with E-state index in [1.807, 2.05) is 13.0 Å². The van der Waals surface area contributed by atoms with E-state index in [0.29, 0.717) is 5.46 Å². The molecule has 16 heavy (non-hydrogen) atoms. The number of rotatable bonds is 1. The fourth-order valence-corrected chi connectivity index (χ4v) is 2.16. The zero-order valence-corrected chi connectivity index (χ0v) is 10.8. The van der Waals surface area contributed by atoms with Crippen molar-refractivity contribution < 1.29 is 4.39 Å². The average molecular weight is 323 g/mol. The number of hydrogen-bond acceptors (Lipinski definition) is 1.